The molecule has 3 aromatic rings. The molecule has 0 unspecified atom stereocenters. The first kappa shape index (κ1) is 15.8. The maximum atomic E-state index is 11.8. The van der Waals surface area contributed by atoms with Gasteiger partial charge >= 0.3 is 5.97 Å². The van der Waals surface area contributed by atoms with E-state index in [-0.39, 0.29) is 5.69 Å². The fourth-order valence-electron chi connectivity index (χ4n) is 2.28. The lowest BCUT2D eigenvalue weighted by molar-refractivity contribution is 0.0593. The van der Waals surface area contributed by atoms with Crippen LogP contribution in [-0.2, 0) is 17.8 Å². The number of carbonyl (C=O) groups excluding carboxylic acids is 1. The van der Waals surface area contributed by atoms with E-state index in [1.807, 2.05) is 29.2 Å². The van der Waals surface area contributed by atoms with Gasteiger partial charge in [0, 0.05) is 5.69 Å². The lowest BCUT2D eigenvalue weighted by Gasteiger charge is -2.21. The molecule has 0 radical (unpaired) electrons. The number of furan rings is 2. The highest BCUT2D eigenvalue weighted by Gasteiger charge is 2.18. The molecular formula is C17H17N3O4. The van der Waals surface area contributed by atoms with Crippen molar-refractivity contribution in [3.05, 3.63) is 65.8 Å². The Kier molecular flexibility index (Phi) is 4.60. The van der Waals surface area contributed by atoms with Gasteiger partial charge in [-0.3, -0.25) is 0 Å². The number of ether oxygens (including phenoxy) is 1. The van der Waals surface area contributed by atoms with E-state index in [9.17, 15) is 4.79 Å². The van der Waals surface area contributed by atoms with Gasteiger partial charge in [0.2, 0.25) is 5.95 Å². The number of esters is 1. The van der Waals surface area contributed by atoms with E-state index in [0.29, 0.717) is 24.7 Å². The summed E-state index contributed by atoms with van der Waals surface area (Å²) in [6, 6.07) is 8.96. The second kappa shape index (κ2) is 6.99. The van der Waals surface area contributed by atoms with Crippen molar-refractivity contribution in [1.29, 1.82) is 0 Å². The van der Waals surface area contributed by atoms with Crippen LogP contribution in [0.2, 0.25) is 0 Å². The summed E-state index contributed by atoms with van der Waals surface area (Å²) in [6.45, 7) is 2.69. The second-order valence-corrected chi connectivity index (χ2v) is 5.20. The molecule has 0 aliphatic carbocycles. The first-order valence-corrected chi connectivity index (χ1v) is 7.39. The predicted octanol–water partition coefficient (Wildman–Crippen LogP) is 2.96. The Balaban J connectivity index is 1.94. The molecule has 0 bridgehead atoms. The van der Waals surface area contributed by atoms with E-state index in [4.69, 9.17) is 13.6 Å². The van der Waals surface area contributed by atoms with Crippen LogP contribution in [0.4, 0.5) is 5.95 Å². The first-order valence-electron chi connectivity index (χ1n) is 7.39. The molecule has 7 nitrogen and oxygen atoms in total. The van der Waals surface area contributed by atoms with E-state index < -0.39 is 5.97 Å². The monoisotopic (exact) mass is 327 g/mol. The van der Waals surface area contributed by atoms with Gasteiger partial charge in [-0.1, -0.05) is 0 Å². The molecule has 24 heavy (non-hydrogen) atoms. The van der Waals surface area contributed by atoms with Crippen LogP contribution >= 0.6 is 0 Å². The number of nitrogens with zero attached hydrogens (tertiary/aromatic N) is 3. The molecule has 3 heterocycles. The minimum Gasteiger partial charge on any atom is -0.467 e. The topological polar surface area (TPSA) is 81.6 Å². The van der Waals surface area contributed by atoms with Crippen molar-refractivity contribution in [3.63, 3.8) is 0 Å². The van der Waals surface area contributed by atoms with Crippen LogP contribution in [0.3, 0.4) is 0 Å². The van der Waals surface area contributed by atoms with Crippen molar-refractivity contribution in [2.75, 3.05) is 12.0 Å². The van der Waals surface area contributed by atoms with Gasteiger partial charge in [-0.05, 0) is 37.3 Å². The lowest BCUT2D eigenvalue weighted by Crippen LogP contribution is -2.25. The zero-order valence-corrected chi connectivity index (χ0v) is 13.4. The Morgan fingerprint density at radius 3 is 2.25 bits per heavy atom. The van der Waals surface area contributed by atoms with Crippen LogP contribution in [0.25, 0.3) is 0 Å². The molecule has 0 atom stereocenters. The molecule has 0 N–H and O–H groups in total. The Labute approximate surface area is 138 Å². The van der Waals surface area contributed by atoms with Crippen molar-refractivity contribution in [3.8, 4) is 0 Å². The fraction of sp³-hybridized carbons (Fsp3) is 0.235. The summed E-state index contributed by atoms with van der Waals surface area (Å²) in [6.07, 6.45) is 3.22. The average molecular weight is 327 g/mol. The number of anilines is 1. The van der Waals surface area contributed by atoms with E-state index in [1.165, 1.54) is 7.11 Å². The highest BCUT2D eigenvalue weighted by Crippen LogP contribution is 2.18. The Morgan fingerprint density at radius 2 is 1.75 bits per heavy atom. The van der Waals surface area contributed by atoms with Crippen molar-refractivity contribution in [2.45, 2.75) is 20.0 Å². The molecule has 7 heteroatoms. The molecule has 0 saturated heterocycles. The minimum atomic E-state index is -0.502. The average Bonchev–Trinajstić information content (AvgIpc) is 3.26. The van der Waals surface area contributed by atoms with Gasteiger partial charge in [0.25, 0.3) is 0 Å². The fourth-order valence-corrected chi connectivity index (χ4v) is 2.28. The molecular weight excluding hydrogens is 310 g/mol. The summed E-state index contributed by atoms with van der Waals surface area (Å²) >= 11 is 0. The highest BCUT2D eigenvalue weighted by atomic mass is 16.5. The van der Waals surface area contributed by atoms with Crippen molar-refractivity contribution in [1.82, 2.24) is 9.97 Å². The van der Waals surface area contributed by atoms with Crippen LogP contribution in [0.1, 0.15) is 27.7 Å². The third-order valence-electron chi connectivity index (χ3n) is 3.37. The van der Waals surface area contributed by atoms with E-state index >= 15 is 0 Å². The van der Waals surface area contributed by atoms with Crippen LogP contribution in [0, 0.1) is 6.92 Å². The van der Waals surface area contributed by atoms with E-state index in [2.05, 4.69) is 9.97 Å². The van der Waals surface area contributed by atoms with Crippen LogP contribution in [0.15, 0.2) is 51.7 Å². The summed E-state index contributed by atoms with van der Waals surface area (Å²) in [4.78, 5) is 22.4. The zero-order chi connectivity index (χ0) is 16.9. The van der Waals surface area contributed by atoms with Gasteiger partial charge in [0.1, 0.15) is 11.5 Å². The second-order valence-electron chi connectivity index (χ2n) is 5.20. The van der Waals surface area contributed by atoms with Gasteiger partial charge in [-0.2, -0.15) is 0 Å². The van der Waals surface area contributed by atoms with Gasteiger partial charge in [-0.25, -0.2) is 14.8 Å². The molecule has 0 aliphatic rings. The molecule has 3 aromatic heterocycles. The van der Waals surface area contributed by atoms with Gasteiger partial charge in [0.15, 0.2) is 5.69 Å². The lowest BCUT2D eigenvalue weighted by atomic mass is 10.3. The third kappa shape index (κ3) is 3.62. The molecule has 3 rings (SSSR count). The number of rotatable bonds is 6. The Bertz CT molecular complexity index is 761. The summed E-state index contributed by atoms with van der Waals surface area (Å²) in [7, 11) is 1.32. The number of hydrogen-bond acceptors (Lipinski definition) is 7. The Morgan fingerprint density at radius 1 is 1.12 bits per heavy atom. The van der Waals surface area contributed by atoms with Gasteiger partial charge in [0.05, 0.1) is 32.7 Å². The van der Waals surface area contributed by atoms with Gasteiger partial charge in [-0.15, -0.1) is 0 Å². The molecule has 0 aromatic carbocycles. The standard InChI is InChI=1S/C17H17N3O4/c1-12-9-15(16(21)22-2)19-17(18-12)20(10-13-5-3-7-23-13)11-14-6-4-8-24-14/h3-9H,10-11H2,1-2H3. The van der Waals surface area contributed by atoms with Crippen LogP contribution in [0.5, 0.6) is 0 Å². The molecule has 0 amide bonds. The molecule has 0 fully saturated rings. The first-order chi connectivity index (χ1) is 11.7. The molecule has 124 valence electrons. The van der Waals surface area contributed by atoms with E-state index in [0.717, 1.165) is 11.5 Å². The largest absolute Gasteiger partial charge is 0.467 e. The SMILES string of the molecule is COC(=O)c1cc(C)nc(N(Cc2ccco2)Cc2ccco2)n1. The normalized spacial score (nSPS) is 10.6. The zero-order valence-electron chi connectivity index (χ0n) is 13.4. The number of carbonyl (C=O) groups is 1. The predicted molar refractivity (Wildman–Crippen MR) is 85.4 cm³/mol. The molecule has 0 saturated carbocycles. The molecule has 0 spiro atoms. The smallest absolute Gasteiger partial charge is 0.356 e. The van der Waals surface area contributed by atoms with Crippen LogP contribution in [-0.4, -0.2) is 23.0 Å². The van der Waals surface area contributed by atoms with E-state index in [1.54, 1.807) is 25.5 Å². The highest BCUT2D eigenvalue weighted by molar-refractivity contribution is 5.87. The number of hydrogen-bond donors (Lipinski definition) is 0. The van der Waals surface area contributed by atoms with Crippen molar-refractivity contribution < 1.29 is 18.4 Å². The van der Waals surface area contributed by atoms with Crippen molar-refractivity contribution >= 4 is 11.9 Å². The minimum absolute atomic E-state index is 0.212. The quantitative estimate of drug-likeness (QED) is 0.644. The number of aromatic nitrogens is 2. The molecule has 0 aliphatic heterocycles. The van der Waals surface area contributed by atoms with Gasteiger partial charge < -0.3 is 18.5 Å². The number of aryl methyl sites for hydroxylation is 1. The summed E-state index contributed by atoms with van der Waals surface area (Å²) in [5, 5.41) is 0. The third-order valence-corrected chi connectivity index (χ3v) is 3.37. The van der Waals surface area contributed by atoms with Crippen molar-refractivity contribution in [2.24, 2.45) is 0 Å². The summed E-state index contributed by atoms with van der Waals surface area (Å²) in [5.41, 5.74) is 0.883. The number of methoxy groups -OCH3 is 1. The maximum absolute atomic E-state index is 11.8. The summed E-state index contributed by atoms with van der Waals surface area (Å²) in [5.74, 6) is 1.42. The van der Waals surface area contributed by atoms with Crippen LogP contribution < -0.4 is 4.90 Å². The summed E-state index contributed by atoms with van der Waals surface area (Å²) < 4.78 is 15.6. The maximum Gasteiger partial charge on any atom is 0.356 e. The Hall–Kier alpha value is -3.09.